The Kier molecular flexibility index (Phi) is 3.45. The van der Waals surface area contributed by atoms with Crippen LogP contribution >= 0.6 is 11.3 Å². The van der Waals surface area contributed by atoms with Crippen LogP contribution in [0.3, 0.4) is 0 Å². The van der Waals surface area contributed by atoms with E-state index in [1.165, 1.54) is 5.39 Å². The van der Waals surface area contributed by atoms with Gasteiger partial charge in [-0.1, -0.05) is 12.1 Å². The minimum atomic E-state index is 0.706. The van der Waals surface area contributed by atoms with Gasteiger partial charge in [0.15, 0.2) is 11.6 Å². The first-order chi connectivity index (χ1) is 14.2. The average molecular weight is 396 g/mol. The molecule has 6 rings (SSSR count). The molecule has 7 heteroatoms. The molecular formula is C22H16N6S. The zero-order valence-electron chi connectivity index (χ0n) is 15.5. The number of rotatable bonds is 3. The minimum Gasteiger partial charge on any atom is -0.359 e. The molecule has 140 valence electrons. The predicted octanol–water partition coefficient (Wildman–Crippen LogP) is 5.77. The fourth-order valence-corrected chi connectivity index (χ4v) is 4.42. The van der Waals surface area contributed by atoms with Crippen LogP contribution in [0.4, 0.5) is 11.5 Å². The van der Waals surface area contributed by atoms with Gasteiger partial charge in [-0.25, -0.2) is 9.97 Å². The summed E-state index contributed by atoms with van der Waals surface area (Å²) in [7, 11) is 0. The van der Waals surface area contributed by atoms with Gasteiger partial charge in [-0.05, 0) is 54.1 Å². The molecule has 0 aliphatic rings. The van der Waals surface area contributed by atoms with E-state index >= 15 is 0 Å². The average Bonchev–Trinajstić information content (AvgIpc) is 3.45. The molecule has 29 heavy (non-hydrogen) atoms. The summed E-state index contributed by atoms with van der Waals surface area (Å²) in [5, 5.41) is 14.8. The number of hydrogen-bond acceptors (Lipinski definition) is 5. The Hall–Kier alpha value is -3.71. The molecule has 0 spiro atoms. The van der Waals surface area contributed by atoms with Crippen molar-refractivity contribution in [2.45, 2.75) is 6.92 Å². The molecule has 6 nitrogen and oxygen atoms in total. The number of nitrogens with zero attached hydrogens (tertiary/aromatic N) is 3. The zero-order valence-corrected chi connectivity index (χ0v) is 16.3. The largest absolute Gasteiger partial charge is 0.359 e. The quantitative estimate of drug-likeness (QED) is 0.355. The summed E-state index contributed by atoms with van der Waals surface area (Å²) in [5.41, 5.74) is 6.14. The first-order valence-electron chi connectivity index (χ1n) is 9.28. The molecule has 0 radical (unpaired) electrons. The summed E-state index contributed by atoms with van der Waals surface area (Å²) in [6.07, 6.45) is 1.82. The van der Waals surface area contributed by atoms with E-state index in [-0.39, 0.29) is 0 Å². The second kappa shape index (κ2) is 6.15. The van der Waals surface area contributed by atoms with E-state index in [1.54, 1.807) is 11.3 Å². The molecule has 2 aromatic carbocycles. The molecule has 3 N–H and O–H groups in total. The Labute approximate surface area is 169 Å². The lowest BCUT2D eigenvalue weighted by molar-refractivity contribution is 1.12. The third-order valence-corrected chi connectivity index (χ3v) is 5.93. The molecule has 0 aliphatic heterocycles. The van der Waals surface area contributed by atoms with E-state index in [2.05, 4.69) is 57.8 Å². The molecule has 0 saturated carbocycles. The van der Waals surface area contributed by atoms with Crippen LogP contribution in [0.5, 0.6) is 0 Å². The highest BCUT2D eigenvalue weighted by molar-refractivity contribution is 7.17. The first-order valence-corrected chi connectivity index (χ1v) is 10.2. The van der Waals surface area contributed by atoms with Crippen LogP contribution in [0.15, 0.2) is 60.1 Å². The second-order valence-corrected chi connectivity index (χ2v) is 8.00. The van der Waals surface area contributed by atoms with Gasteiger partial charge < -0.3 is 10.3 Å². The minimum absolute atomic E-state index is 0.706. The Bertz CT molecular complexity index is 1510. The predicted molar refractivity (Wildman–Crippen MR) is 119 cm³/mol. The molecule has 0 saturated heterocycles. The number of anilines is 2. The maximum Gasteiger partial charge on any atom is 0.162 e. The number of nitrogens with one attached hydrogen (secondary N) is 3. The third kappa shape index (κ3) is 2.75. The Morgan fingerprint density at radius 2 is 1.90 bits per heavy atom. The van der Waals surface area contributed by atoms with Crippen molar-refractivity contribution in [2.24, 2.45) is 0 Å². The maximum absolute atomic E-state index is 4.87. The smallest absolute Gasteiger partial charge is 0.162 e. The van der Waals surface area contributed by atoms with Gasteiger partial charge in [-0.2, -0.15) is 5.10 Å². The molecule has 0 atom stereocenters. The van der Waals surface area contributed by atoms with Crippen LogP contribution in [0, 0.1) is 6.92 Å². The van der Waals surface area contributed by atoms with Crippen molar-refractivity contribution in [1.82, 2.24) is 25.1 Å². The molecule has 0 amide bonds. The van der Waals surface area contributed by atoms with Crippen LogP contribution < -0.4 is 5.32 Å². The van der Waals surface area contributed by atoms with E-state index in [9.17, 15) is 0 Å². The highest BCUT2D eigenvalue weighted by Crippen LogP contribution is 2.32. The molecule has 4 aromatic heterocycles. The summed E-state index contributed by atoms with van der Waals surface area (Å²) < 4.78 is 1.04. The number of hydrogen-bond donors (Lipinski definition) is 3. The lowest BCUT2D eigenvalue weighted by Crippen LogP contribution is -1.98. The van der Waals surface area contributed by atoms with Gasteiger partial charge >= 0.3 is 0 Å². The molecule has 0 aliphatic carbocycles. The summed E-state index contributed by atoms with van der Waals surface area (Å²) in [6, 6.07) is 16.6. The number of aromatic amines is 2. The summed E-state index contributed by atoms with van der Waals surface area (Å²) in [6.45, 7) is 2.06. The van der Waals surface area contributed by atoms with E-state index in [0.717, 1.165) is 49.4 Å². The van der Waals surface area contributed by atoms with Crippen molar-refractivity contribution < 1.29 is 0 Å². The standard InChI is InChI=1S/C22H16N6S/c1-12-8-13-2-3-14(10-19(13)24-12)21-26-18-6-7-29-20(18)22(27-21)25-16-4-5-17-15(9-16)11-23-28-17/h2-11,24H,1H3,(H,23,28)(H,25,26,27). The number of fused-ring (bicyclic) bond motifs is 3. The van der Waals surface area contributed by atoms with Gasteiger partial charge in [0.05, 0.1) is 21.9 Å². The van der Waals surface area contributed by atoms with E-state index in [4.69, 9.17) is 9.97 Å². The van der Waals surface area contributed by atoms with Crippen LogP contribution in [-0.4, -0.2) is 25.1 Å². The number of benzene rings is 2. The molecular weight excluding hydrogens is 380 g/mol. The summed E-state index contributed by atoms with van der Waals surface area (Å²) in [4.78, 5) is 13.1. The Morgan fingerprint density at radius 1 is 0.931 bits per heavy atom. The van der Waals surface area contributed by atoms with Crippen LogP contribution in [0.2, 0.25) is 0 Å². The Balaban J connectivity index is 1.47. The fourth-order valence-electron chi connectivity index (χ4n) is 3.65. The van der Waals surface area contributed by atoms with E-state index in [0.29, 0.717) is 5.82 Å². The number of aryl methyl sites for hydroxylation is 1. The molecule has 0 bridgehead atoms. The monoisotopic (exact) mass is 396 g/mol. The van der Waals surface area contributed by atoms with Crippen molar-refractivity contribution >= 4 is 54.9 Å². The van der Waals surface area contributed by atoms with Gasteiger partial charge in [0.25, 0.3) is 0 Å². The third-order valence-electron chi connectivity index (χ3n) is 5.02. The van der Waals surface area contributed by atoms with Crippen molar-refractivity contribution in [3.8, 4) is 11.4 Å². The van der Waals surface area contributed by atoms with Gasteiger partial charge in [0, 0.05) is 27.8 Å². The maximum atomic E-state index is 4.87. The zero-order chi connectivity index (χ0) is 19.4. The van der Waals surface area contributed by atoms with Crippen molar-refractivity contribution in [2.75, 3.05) is 5.32 Å². The summed E-state index contributed by atoms with van der Waals surface area (Å²) in [5.74, 6) is 1.52. The van der Waals surface area contributed by atoms with Crippen molar-refractivity contribution in [3.05, 3.63) is 65.8 Å². The lowest BCUT2D eigenvalue weighted by atomic mass is 10.1. The topological polar surface area (TPSA) is 82.3 Å². The first kappa shape index (κ1) is 16.3. The van der Waals surface area contributed by atoms with E-state index in [1.807, 2.05) is 29.8 Å². The normalized spacial score (nSPS) is 11.6. The second-order valence-electron chi connectivity index (χ2n) is 7.08. The van der Waals surface area contributed by atoms with Crippen LogP contribution in [0.25, 0.3) is 43.4 Å². The Morgan fingerprint density at radius 3 is 2.86 bits per heavy atom. The summed E-state index contributed by atoms with van der Waals surface area (Å²) >= 11 is 1.64. The van der Waals surface area contributed by atoms with Gasteiger partial charge in [0.1, 0.15) is 0 Å². The van der Waals surface area contributed by atoms with Gasteiger partial charge in [0.2, 0.25) is 0 Å². The molecule has 4 heterocycles. The van der Waals surface area contributed by atoms with Crippen molar-refractivity contribution in [3.63, 3.8) is 0 Å². The molecule has 6 aromatic rings. The molecule has 0 fully saturated rings. The van der Waals surface area contributed by atoms with Gasteiger partial charge in [-0.3, -0.25) is 5.10 Å². The highest BCUT2D eigenvalue weighted by atomic mass is 32.1. The van der Waals surface area contributed by atoms with Crippen molar-refractivity contribution in [1.29, 1.82) is 0 Å². The lowest BCUT2D eigenvalue weighted by Gasteiger charge is -2.09. The highest BCUT2D eigenvalue weighted by Gasteiger charge is 2.12. The number of H-pyrrole nitrogens is 2. The fraction of sp³-hybridized carbons (Fsp3) is 0.0455. The van der Waals surface area contributed by atoms with Crippen LogP contribution in [0.1, 0.15) is 5.69 Å². The van der Waals surface area contributed by atoms with Crippen LogP contribution in [-0.2, 0) is 0 Å². The van der Waals surface area contributed by atoms with E-state index < -0.39 is 0 Å². The van der Waals surface area contributed by atoms with Gasteiger partial charge in [-0.15, -0.1) is 11.3 Å². The molecule has 0 unspecified atom stereocenters. The number of thiophene rings is 1. The SMILES string of the molecule is Cc1cc2ccc(-c3nc(Nc4ccc5[nH]ncc5c4)c4sccc4n3)cc2[nH]1. The number of aromatic nitrogens is 5.